The van der Waals surface area contributed by atoms with Gasteiger partial charge in [-0.2, -0.15) is 0 Å². The van der Waals surface area contributed by atoms with E-state index in [-0.39, 0.29) is 11.7 Å². The first-order valence-electron chi connectivity index (χ1n) is 2.12. The van der Waals surface area contributed by atoms with Crippen LogP contribution in [0.4, 0.5) is 0 Å². The highest BCUT2D eigenvalue weighted by Gasteiger charge is 1.96. The summed E-state index contributed by atoms with van der Waals surface area (Å²) in [4.78, 5) is 9.53. The van der Waals surface area contributed by atoms with E-state index in [2.05, 4.69) is 0 Å². The molecule has 7 heavy (non-hydrogen) atoms. The Morgan fingerprint density at radius 3 is 2.14 bits per heavy atom. The SMILES string of the molecule is CC(C)C(O)=C=O. The highest BCUT2D eigenvalue weighted by molar-refractivity contribution is 5.49. The van der Waals surface area contributed by atoms with Crippen LogP contribution in [0.25, 0.3) is 0 Å². The van der Waals surface area contributed by atoms with Crippen LogP contribution in [0.1, 0.15) is 13.8 Å². The van der Waals surface area contributed by atoms with Crippen LogP contribution in [0.15, 0.2) is 5.76 Å². The third-order valence-electron chi connectivity index (χ3n) is 0.651. The molecule has 0 unspecified atom stereocenters. The molecule has 0 heterocycles. The molecule has 0 fully saturated rings. The third-order valence-corrected chi connectivity index (χ3v) is 0.651. The van der Waals surface area contributed by atoms with Crippen molar-refractivity contribution in [3.05, 3.63) is 5.76 Å². The first-order valence-corrected chi connectivity index (χ1v) is 2.12. The summed E-state index contributed by atoms with van der Waals surface area (Å²) < 4.78 is 0. The van der Waals surface area contributed by atoms with Gasteiger partial charge in [-0.25, -0.2) is 4.79 Å². The number of aliphatic hydroxyl groups excluding tert-OH is 1. The molecule has 0 aliphatic heterocycles. The molecular formula is C5H8O2. The lowest BCUT2D eigenvalue weighted by atomic mass is 10.2. The highest BCUT2D eigenvalue weighted by Crippen LogP contribution is 1.98. The monoisotopic (exact) mass is 100 g/mol. The van der Waals surface area contributed by atoms with Crippen LogP contribution < -0.4 is 0 Å². The molecule has 0 aromatic heterocycles. The second-order valence-corrected chi connectivity index (χ2v) is 1.64. The van der Waals surface area contributed by atoms with E-state index < -0.39 is 0 Å². The van der Waals surface area contributed by atoms with Gasteiger partial charge >= 0.3 is 0 Å². The maximum atomic E-state index is 9.53. The van der Waals surface area contributed by atoms with E-state index >= 15 is 0 Å². The molecule has 2 heteroatoms. The van der Waals surface area contributed by atoms with Gasteiger partial charge in [-0.05, 0) is 0 Å². The quantitative estimate of drug-likeness (QED) is 0.393. The normalized spacial score (nSPS) is 8.43. The van der Waals surface area contributed by atoms with E-state index in [0.717, 1.165) is 0 Å². The smallest absolute Gasteiger partial charge is 0.179 e. The van der Waals surface area contributed by atoms with Gasteiger partial charge in [0.2, 0.25) is 0 Å². The zero-order valence-corrected chi connectivity index (χ0v) is 4.43. The summed E-state index contributed by atoms with van der Waals surface area (Å²) in [6, 6.07) is 0. The molecule has 0 amide bonds. The number of hydrogen-bond acceptors (Lipinski definition) is 2. The average molecular weight is 100 g/mol. The van der Waals surface area contributed by atoms with Crippen LogP contribution >= 0.6 is 0 Å². The Bertz CT molecular complexity index is 98.6. The molecule has 0 aromatic rings. The van der Waals surface area contributed by atoms with Crippen molar-refractivity contribution >= 4 is 5.94 Å². The van der Waals surface area contributed by atoms with Crippen LogP contribution in [0.5, 0.6) is 0 Å². The van der Waals surface area contributed by atoms with E-state index in [1.807, 2.05) is 0 Å². The molecular weight excluding hydrogens is 92.1 g/mol. The third kappa shape index (κ3) is 2.01. The number of carbonyl (C=O) groups excluding carboxylic acids is 1. The van der Waals surface area contributed by atoms with Gasteiger partial charge in [0, 0.05) is 5.92 Å². The van der Waals surface area contributed by atoms with Crippen molar-refractivity contribution in [2.45, 2.75) is 13.8 Å². The molecule has 40 valence electrons. The Labute approximate surface area is 42.5 Å². The van der Waals surface area contributed by atoms with E-state index in [4.69, 9.17) is 5.11 Å². The molecule has 0 aliphatic rings. The summed E-state index contributed by atoms with van der Waals surface area (Å²) in [7, 11) is 0. The summed E-state index contributed by atoms with van der Waals surface area (Å²) in [6.45, 7) is 3.44. The molecule has 0 saturated heterocycles. The van der Waals surface area contributed by atoms with Gasteiger partial charge in [-0.3, -0.25) is 0 Å². The number of hydrogen-bond donors (Lipinski definition) is 1. The Kier molecular flexibility index (Phi) is 2.17. The van der Waals surface area contributed by atoms with Gasteiger partial charge in [0.1, 0.15) is 0 Å². The summed E-state index contributed by atoms with van der Waals surface area (Å²) >= 11 is 0. The maximum absolute atomic E-state index is 9.53. The average Bonchev–Trinajstić information content (AvgIpc) is 1.65. The first-order chi connectivity index (χ1) is 3.18. The molecule has 0 radical (unpaired) electrons. The summed E-state index contributed by atoms with van der Waals surface area (Å²) in [5, 5.41) is 8.43. The Morgan fingerprint density at radius 2 is 2.14 bits per heavy atom. The van der Waals surface area contributed by atoms with Crippen LogP contribution in [-0.4, -0.2) is 11.0 Å². The molecule has 0 atom stereocenters. The molecule has 0 rings (SSSR count). The van der Waals surface area contributed by atoms with Gasteiger partial charge in [-0.15, -0.1) is 0 Å². The van der Waals surface area contributed by atoms with Gasteiger partial charge in [0.05, 0.1) is 0 Å². The van der Waals surface area contributed by atoms with Crippen molar-refractivity contribution in [1.82, 2.24) is 0 Å². The molecule has 0 spiro atoms. The minimum Gasteiger partial charge on any atom is -0.502 e. The molecule has 0 aliphatic carbocycles. The predicted octanol–water partition coefficient (Wildman–Crippen LogP) is 0.916. The van der Waals surface area contributed by atoms with Gasteiger partial charge < -0.3 is 5.11 Å². The first kappa shape index (κ1) is 6.25. The van der Waals surface area contributed by atoms with Crippen molar-refractivity contribution in [2.75, 3.05) is 0 Å². The minimum atomic E-state index is -0.208. The van der Waals surface area contributed by atoms with Crippen LogP contribution in [0.3, 0.4) is 0 Å². The van der Waals surface area contributed by atoms with Crippen molar-refractivity contribution < 1.29 is 9.90 Å². The zero-order valence-electron chi connectivity index (χ0n) is 4.43. The summed E-state index contributed by atoms with van der Waals surface area (Å²) in [6.07, 6.45) is 0. The van der Waals surface area contributed by atoms with E-state index in [1.54, 1.807) is 13.8 Å². The lowest BCUT2D eigenvalue weighted by molar-refractivity contribution is 0.354. The summed E-state index contributed by atoms with van der Waals surface area (Å²) in [5.74, 6) is 1.09. The molecule has 0 aromatic carbocycles. The highest BCUT2D eigenvalue weighted by atomic mass is 16.3. The molecule has 1 N–H and O–H groups in total. The predicted molar refractivity (Wildman–Crippen MR) is 26.7 cm³/mol. The lowest BCUT2D eigenvalue weighted by Gasteiger charge is -1.93. The second kappa shape index (κ2) is 2.43. The number of rotatable bonds is 1. The van der Waals surface area contributed by atoms with E-state index in [0.29, 0.717) is 0 Å². The van der Waals surface area contributed by atoms with Crippen molar-refractivity contribution in [1.29, 1.82) is 0 Å². The molecule has 0 saturated carbocycles. The van der Waals surface area contributed by atoms with E-state index in [9.17, 15) is 4.79 Å². The fourth-order valence-corrected chi connectivity index (χ4v) is 0.118. The lowest BCUT2D eigenvalue weighted by Crippen LogP contribution is -1.91. The van der Waals surface area contributed by atoms with E-state index in [1.165, 1.54) is 5.94 Å². The molecule has 0 bridgehead atoms. The largest absolute Gasteiger partial charge is 0.502 e. The van der Waals surface area contributed by atoms with Gasteiger partial charge in [0.15, 0.2) is 11.7 Å². The van der Waals surface area contributed by atoms with Gasteiger partial charge in [0.25, 0.3) is 0 Å². The topological polar surface area (TPSA) is 37.3 Å². The van der Waals surface area contributed by atoms with Crippen molar-refractivity contribution in [3.8, 4) is 0 Å². The maximum Gasteiger partial charge on any atom is 0.179 e. The van der Waals surface area contributed by atoms with Crippen LogP contribution in [0.2, 0.25) is 0 Å². The molecule has 2 nitrogen and oxygen atoms in total. The summed E-state index contributed by atoms with van der Waals surface area (Å²) in [5.41, 5.74) is 0. The number of aliphatic hydroxyl groups is 1. The Morgan fingerprint density at radius 1 is 1.71 bits per heavy atom. The second-order valence-electron chi connectivity index (χ2n) is 1.64. The standard InChI is InChI=1S/C5H8O2/c1-4(2)5(7)3-6/h4,7H,1-2H3. The fraction of sp³-hybridized carbons (Fsp3) is 0.600. The zero-order chi connectivity index (χ0) is 5.86. The van der Waals surface area contributed by atoms with Crippen LogP contribution in [-0.2, 0) is 4.79 Å². The fourth-order valence-electron chi connectivity index (χ4n) is 0.118. The van der Waals surface area contributed by atoms with Gasteiger partial charge in [-0.1, -0.05) is 13.8 Å². The van der Waals surface area contributed by atoms with Crippen molar-refractivity contribution in [2.24, 2.45) is 5.92 Å². The Balaban J connectivity index is 3.81. The number of allylic oxidation sites excluding steroid dienone is 1. The van der Waals surface area contributed by atoms with Crippen LogP contribution in [0, 0.1) is 5.92 Å². The minimum absolute atomic E-state index is 0.0856. The van der Waals surface area contributed by atoms with Crippen molar-refractivity contribution in [3.63, 3.8) is 0 Å². The Hall–Kier alpha value is -0.750.